The zero-order valence-corrected chi connectivity index (χ0v) is 6.86. The highest BCUT2D eigenvalue weighted by Gasteiger charge is 2.05. The van der Waals surface area contributed by atoms with Gasteiger partial charge in [0.25, 0.3) is 0 Å². The monoisotopic (exact) mass is 155 g/mol. The number of nitrogens with one attached hydrogen (secondary N) is 1. The van der Waals surface area contributed by atoms with E-state index in [9.17, 15) is 4.39 Å². The average Bonchev–Trinajstić information content (AvgIpc) is 2.54. The van der Waals surface area contributed by atoms with Gasteiger partial charge in [0.1, 0.15) is 0 Å². The second-order valence-corrected chi connectivity index (χ2v) is 2.02. The maximum atomic E-state index is 9.50. The molecule has 1 aliphatic rings. The molecule has 1 aliphatic heterocycles. The lowest BCUT2D eigenvalue weighted by molar-refractivity contribution is 0.636. The van der Waals surface area contributed by atoms with E-state index >= 15 is 0 Å². The van der Waals surface area contributed by atoms with Gasteiger partial charge in [0, 0.05) is 12.2 Å². The van der Waals surface area contributed by atoms with Gasteiger partial charge in [-0.15, -0.1) is 0 Å². The second kappa shape index (κ2) is 5.71. The van der Waals surface area contributed by atoms with Crippen molar-refractivity contribution in [1.82, 2.24) is 5.32 Å². The fourth-order valence-corrected chi connectivity index (χ4v) is 0.995. The summed E-state index contributed by atoms with van der Waals surface area (Å²) in [6.45, 7) is 8.40. The van der Waals surface area contributed by atoms with Crippen molar-refractivity contribution in [1.29, 1.82) is 0 Å². The minimum absolute atomic E-state index is 0.500. The maximum Gasteiger partial charge on any atom is 0.0785 e. The Bertz CT molecular complexity index is 152. The van der Waals surface area contributed by atoms with Crippen LogP contribution < -0.4 is 5.32 Å². The third-order valence-electron chi connectivity index (χ3n) is 1.51. The van der Waals surface area contributed by atoms with Gasteiger partial charge in [0.05, 0.1) is 7.18 Å². The number of halogens is 1. The number of hydrogen-bond acceptors (Lipinski definition) is 1. The molecule has 0 bridgehead atoms. The first-order valence-corrected chi connectivity index (χ1v) is 3.48. The van der Waals surface area contributed by atoms with E-state index in [2.05, 4.69) is 18.5 Å². The molecule has 11 heavy (non-hydrogen) atoms. The van der Waals surface area contributed by atoms with E-state index in [1.165, 1.54) is 5.57 Å². The molecule has 1 N–H and O–H groups in total. The Hall–Kier alpha value is -1.05. The zero-order valence-electron chi connectivity index (χ0n) is 6.86. The van der Waals surface area contributed by atoms with Crippen LogP contribution in [0.4, 0.5) is 4.39 Å². The molecule has 2 heteroatoms. The first-order valence-electron chi connectivity index (χ1n) is 3.48. The standard InChI is InChI=1S/C8H11N.CH3F/c1-3-7-5-6-9-8(7)4-2;1-2/h3-4,9H,1-2,5-6H2;1H3. The SMILES string of the molecule is C=CC1=C(C=C)NCC1.CF. The fraction of sp³-hybridized carbons (Fsp3) is 0.333. The molecule has 0 spiro atoms. The van der Waals surface area contributed by atoms with E-state index in [-0.39, 0.29) is 0 Å². The quantitative estimate of drug-likeness (QED) is 0.644. The molecule has 62 valence electrons. The molecular formula is C9H14FN. The minimum atomic E-state index is 0.500. The summed E-state index contributed by atoms with van der Waals surface area (Å²) in [4.78, 5) is 0. The van der Waals surface area contributed by atoms with Gasteiger partial charge in [-0.2, -0.15) is 0 Å². The van der Waals surface area contributed by atoms with Crippen LogP contribution in [0.3, 0.4) is 0 Å². The smallest absolute Gasteiger partial charge is 0.0785 e. The molecule has 0 aromatic carbocycles. The van der Waals surface area contributed by atoms with Crippen LogP contribution in [-0.4, -0.2) is 13.7 Å². The summed E-state index contributed by atoms with van der Waals surface area (Å²) in [5, 5.41) is 3.20. The first kappa shape index (κ1) is 9.95. The van der Waals surface area contributed by atoms with Gasteiger partial charge in [-0.05, 0) is 18.1 Å². The van der Waals surface area contributed by atoms with Gasteiger partial charge in [-0.1, -0.05) is 19.2 Å². The van der Waals surface area contributed by atoms with Crippen LogP contribution in [0.15, 0.2) is 36.6 Å². The van der Waals surface area contributed by atoms with Gasteiger partial charge in [0.15, 0.2) is 0 Å². The summed E-state index contributed by atoms with van der Waals surface area (Å²) in [5.74, 6) is 0. The van der Waals surface area contributed by atoms with E-state index in [1.807, 2.05) is 12.2 Å². The summed E-state index contributed by atoms with van der Waals surface area (Å²) < 4.78 is 9.50. The Kier molecular flexibility index (Phi) is 5.17. The molecule has 0 aromatic heterocycles. The second-order valence-electron chi connectivity index (χ2n) is 2.02. The third kappa shape index (κ3) is 2.58. The molecule has 1 rings (SSSR count). The van der Waals surface area contributed by atoms with Crippen molar-refractivity contribution in [3.05, 3.63) is 36.6 Å². The van der Waals surface area contributed by atoms with E-state index in [0.29, 0.717) is 7.18 Å². The van der Waals surface area contributed by atoms with Gasteiger partial charge < -0.3 is 5.32 Å². The van der Waals surface area contributed by atoms with Gasteiger partial charge in [0.2, 0.25) is 0 Å². The molecule has 0 unspecified atom stereocenters. The summed E-state index contributed by atoms with van der Waals surface area (Å²) in [6.07, 6.45) is 4.81. The Morgan fingerprint density at radius 2 is 2.00 bits per heavy atom. The number of alkyl halides is 1. The molecule has 0 aromatic rings. The first-order chi connectivity index (χ1) is 5.38. The molecule has 0 fully saturated rings. The van der Waals surface area contributed by atoms with Crippen LogP contribution in [-0.2, 0) is 0 Å². The van der Waals surface area contributed by atoms with Crippen molar-refractivity contribution in [2.45, 2.75) is 6.42 Å². The highest BCUT2D eigenvalue weighted by atomic mass is 19.1. The summed E-state index contributed by atoms with van der Waals surface area (Å²) in [7, 11) is 0.500. The van der Waals surface area contributed by atoms with Crippen molar-refractivity contribution in [3.8, 4) is 0 Å². The van der Waals surface area contributed by atoms with Crippen LogP contribution in [0.5, 0.6) is 0 Å². The van der Waals surface area contributed by atoms with Gasteiger partial charge in [-0.25, -0.2) is 0 Å². The average molecular weight is 155 g/mol. The van der Waals surface area contributed by atoms with Crippen molar-refractivity contribution in [3.63, 3.8) is 0 Å². The maximum absolute atomic E-state index is 9.50. The molecule has 0 radical (unpaired) electrons. The Balaban J connectivity index is 0.000000461. The van der Waals surface area contributed by atoms with Crippen molar-refractivity contribution in [2.24, 2.45) is 0 Å². The van der Waals surface area contributed by atoms with E-state index < -0.39 is 0 Å². The van der Waals surface area contributed by atoms with E-state index in [4.69, 9.17) is 0 Å². The van der Waals surface area contributed by atoms with Crippen LogP contribution in [0.2, 0.25) is 0 Å². The van der Waals surface area contributed by atoms with Crippen molar-refractivity contribution < 1.29 is 4.39 Å². The highest BCUT2D eigenvalue weighted by molar-refractivity contribution is 5.33. The molecule has 0 saturated carbocycles. The molecule has 0 aliphatic carbocycles. The van der Waals surface area contributed by atoms with Crippen LogP contribution >= 0.6 is 0 Å². The normalized spacial score (nSPS) is 14.7. The Labute approximate surface area is 67.3 Å². The lowest BCUT2D eigenvalue weighted by Crippen LogP contribution is -2.04. The van der Waals surface area contributed by atoms with Gasteiger partial charge >= 0.3 is 0 Å². The predicted octanol–water partition coefficient (Wildman–Crippen LogP) is 2.19. The molecule has 0 saturated heterocycles. The van der Waals surface area contributed by atoms with Crippen LogP contribution in [0.25, 0.3) is 0 Å². The summed E-state index contributed by atoms with van der Waals surface area (Å²) >= 11 is 0. The summed E-state index contributed by atoms with van der Waals surface area (Å²) in [5.41, 5.74) is 2.43. The zero-order chi connectivity index (χ0) is 8.69. The Morgan fingerprint density at radius 1 is 1.36 bits per heavy atom. The molecule has 1 nitrogen and oxygen atoms in total. The molecular weight excluding hydrogens is 141 g/mol. The van der Waals surface area contributed by atoms with Crippen molar-refractivity contribution >= 4 is 0 Å². The lowest BCUT2D eigenvalue weighted by Gasteiger charge is -1.94. The Morgan fingerprint density at radius 3 is 2.36 bits per heavy atom. The van der Waals surface area contributed by atoms with E-state index in [1.54, 1.807) is 0 Å². The number of allylic oxidation sites excluding steroid dienone is 2. The van der Waals surface area contributed by atoms with E-state index in [0.717, 1.165) is 18.7 Å². The predicted molar refractivity (Wildman–Crippen MR) is 47.1 cm³/mol. The number of hydrogen-bond donors (Lipinski definition) is 1. The highest BCUT2D eigenvalue weighted by Crippen LogP contribution is 2.13. The molecule has 1 heterocycles. The molecule has 0 atom stereocenters. The fourth-order valence-electron chi connectivity index (χ4n) is 0.995. The minimum Gasteiger partial charge on any atom is -0.385 e. The topological polar surface area (TPSA) is 12.0 Å². The van der Waals surface area contributed by atoms with Gasteiger partial charge in [-0.3, -0.25) is 4.39 Å². The summed E-state index contributed by atoms with van der Waals surface area (Å²) in [6, 6.07) is 0. The molecule has 0 amide bonds. The van der Waals surface area contributed by atoms with Crippen molar-refractivity contribution in [2.75, 3.05) is 13.7 Å². The number of rotatable bonds is 2. The lowest BCUT2D eigenvalue weighted by atomic mass is 10.2. The third-order valence-corrected chi connectivity index (χ3v) is 1.51. The van der Waals surface area contributed by atoms with Crippen LogP contribution in [0.1, 0.15) is 6.42 Å². The van der Waals surface area contributed by atoms with Crippen LogP contribution in [0, 0.1) is 0 Å². The largest absolute Gasteiger partial charge is 0.385 e.